The third-order valence-electron chi connectivity index (χ3n) is 5.15. The number of rotatable bonds is 4. The Morgan fingerprint density at radius 2 is 2.08 bits per heavy atom. The van der Waals surface area contributed by atoms with Crippen LogP contribution in [0.2, 0.25) is 0 Å². The maximum atomic E-state index is 12.6. The Kier molecular flexibility index (Phi) is 4.64. The van der Waals surface area contributed by atoms with Gasteiger partial charge in [-0.05, 0) is 31.0 Å². The standard InChI is InChI=1S/C18H25N3O3/c1-20(18(24)15-9-14(22)6-7-16(15)19)10-12-8-17(23)21(11-12)13-4-2-3-5-13/h6-7,9,12-13,22H,2-5,8,10-11,19H2,1H3. The van der Waals surface area contributed by atoms with E-state index in [0.29, 0.717) is 30.3 Å². The molecule has 3 N–H and O–H groups in total. The molecule has 0 aromatic heterocycles. The number of benzene rings is 1. The normalized spacial score (nSPS) is 21.5. The fourth-order valence-electron chi connectivity index (χ4n) is 3.90. The molecule has 2 fully saturated rings. The maximum Gasteiger partial charge on any atom is 0.255 e. The number of phenols is 1. The second-order valence-corrected chi connectivity index (χ2v) is 7.01. The van der Waals surface area contributed by atoms with E-state index in [-0.39, 0.29) is 23.5 Å². The van der Waals surface area contributed by atoms with E-state index in [4.69, 9.17) is 5.73 Å². The highest BCUT2D eigenvalue weighted by Gasteiger charge is 2.36. The number of nitrogen functional groups attached to an aromatic ring is 1. The molecule has 1 aromatic rings. The van der Waals surface area contributed by atoms with Gasteiger partial charge in [0.2, 0.25) is 5.91 Å². The van der Waals surface area contributed by atoms with E-state index in [1.165, 1.54) is 31.0 Å². The molecule has 24 heavy (non-hydrogen) atoms. The highest BCUT2D eigenvalue weighted by atomic mass is 16.3. The quantitative estimate of drug-likeness (QED) is 0.651. The van der Waals surface area contributed by atoms with Gasteiger partial charge in [-0.3, -0.25) is 9.59 Å². The van der Waals surface area contributed by atoms with Crippen molar-refractivity contribution in [1.29, 1.82) is 0 Å². The predicted molar refractivity (Wildman–Crippen MR) is 91.6 cm³/mol. The van der Waals surface area contributed by atoms with Crippen molar-refractivity contribution in [2.45, 2.75) is 38.1 Å². The second-order valence-electron chi connectivity index (χ2n) is 7.01. The van der Waals surface area contributed by atoms with Gasteiger partial charge in [-0.2, -0.15) is 0 Å². The van der Waals surface area contributed by atoms with E-state index in [9.17, 15) is 14.7 Å². The molecular formula is C18H25N3O3. The van der Waals surface area contributed by atoms with Gasteiger partial charge < -0.3 is 20.6 Å². The van der Waals surface area contributed by atoms with Crippen LogP contribution in [-0.2, 0) is 4.79 Å². The van der Waals surface area contributed by atoms with E-state index < -0.39 is 0 Å². The summed E-state index contributed by atoms with van der Waals surface area (Å²) >= 11 is 0. The van der Waals surface area contributed by atoms with Crippen LogP contribution >= 0.6 is 0 Å². The van der Waals surface area contributed by atoms with Crippen molar-refractivity contribution in [3.8, 4) is 5.75 Å². The largest absolute Gasteiger partial charge is 0.508 e. The van der Waals surface area contributed by atoms with Crippen LogP contribution in [0.25, 0.3) is 0 Å². The van der Waals surface area contributed by atoms with E-state index in [0.717, 1.165) is 19.4 Å². The van der Waals surface area contributed by atoms with Gasteiger partial charge >= 0.3 is 0 Å². The molecule has 0 bridgehead atoms. The molecule has 1 unspecified atom stereocenters. The lowest BCUT2D eigenvalue weighted by Gasteiger charge is -2.25. The minimum absolute atomic E-state index is 0.0180. The van der Waals surface area contributed by atoms with Crippen LogP contribution in [0.15, 0.2) is 18.2 Å². The molecule has 130 valence electrons. The minimum Gasteiger partial charge on any atom is -0.508 e. The lowest BCUT2D eigenvalue weighted by Crippen LogP contribution is -2.36. The summed E-state index contributed by atoms with van der Waals surface area (Å²) in [6.07, 6.45) is 5.12. The van der Waals surface area contributed by atoms with E-state index in [2.05, 4.69) is 0 Å². The zero-order valence-electron chi connectivity index (χ0n) is 14.1. The number of nitrogens with two attached hydrogens (primary N) is 1. The number of amides is 2. The molecule has 2 aliphatic rings. The fraction of sp³-hybridized carbons (Fsp3) is 0.556. The summed E-state index contributed by atoms with van der Waals surface area (Å²) < 4.78 is 0. The topological polar surface area (TPSA) is 86.9 Å². The van der Waals surface area contributed by atoms with Crippen molar-refractivity contribution in [1.82, 2.24) is 9.80 Å². The van der Waals surface area contributed by atoms with E-state index in [1.54, 1.807) is 11.9 Å². The van der Waals surface area contributed by atoms with Crippen molar-refractivity contribution in [3.05, 3.63) is 23.8 Å². The Morgan fingerprint density at radius 1 is 1.38 bits per heavy atom. The summed E-state index contributed by atoms with van der Waals surface area (Å²) in [5.41, 5.74) is 6.49. The molecule has 0 radical (unpaired) electrons. The van der Waals surface area contributed by atoms with Crippen molar-refractivity contribution < 1.29 is 14.7 Å². The Labute approximate surface area is 142 Å². The number of hydrogen-bond acceptors (Lipinski definition) is 4. The predicted octanol–water partition coefficient (Wildman–Crippen LogP) is 1.84. The summed E-state index contributed by atoms with van der Waals surface area (Å²) in [5.74, 6) is 0.162. The van der Waals surface area contributed by atoms with Crippen molar-refractivity contribution in [3.63, 3.8) is 0 Å². The van der Waals surface area contributed by atoms with Gasteiger partial charge in [-0.15, -0.1) is 0 Å². The van der Waals surface area contributed by atoms with Crippen LogP contribution in [0.5, 0.6) is 5.75 Å². The summed E-state index contributed by atoms with van der Waals surface area (Å²) in [4.78, 5) is 28.4. The molecule has 0 spiro atoms. The molecule has 1 aliphatic carbocycles. The molecule has 1 aliphatic heterocycles. The zero-order valence-corrected chi connectivity index (χ0v) is 14.1. The Morgan fingerprint density at radius 3 is 2.79 bits per heavy atom. The number of carbonyl (C=O) groups is 2. The van der Waals surface area contributed by atoms with Gasteiger partial charge in [-0.1, -0.05) is 12.8 Å². The molecule has 1 heterocycles. The van der Waals surface area contributed by atoms with Gasteiger partial charge in [0, 0.05) is 44.2 Å². The number of phenolic OH excluding ortho intramolecular Hbond substituents is 1. The fourth-order valence-corrected chi connectivity index (χ4v) is 3.90. The first-order valence-electron chi connectivity index (χ1n) is 8.59. The third kappa shape index (κ3) is 3.32. The molecule has 2 amide bonds. The van der Waals surface area contributed by atoms with E-state index in [1.807, 2.05) is 4.90 Å². The molecule has 3 rings (SSSR count). The van der Waals surface area contributed by atoms with Crippen molar-refractivity contribution in [2.75, 3.05) is 25.9 Å². The molecular weight excluding hydrogens is 306 g/mol. The second kappa shape index (κ2) is 6.71. The highest BCUT2D eigenvalue weighted by Crippen LogP contribution is 2.30. The Bertz CT molecular complexity index is 640. The molecule has 1 saturated heterocycles. The first kappa shape index (κ1) is 16.6. The maximum absolute atomic E-state index is 12.6. The minimum atomic E-state index is -0.227. The average molecular weight is 331 g/mol. The molecule has 6 heteroatoms. The summed E-state index contributed by atoms with van der Waals surface area (Å²) in [6, 6.07) is 4.77. The number of hydrogen-bond donors (Lipinski definition) is 2. The number of anilines is 1. The zero-order chi connectivity index (χ0) is 17.3. The van der Waals surface area contributed by atoms with Crippen LogP contribution < -0.4 is 5.73 Å². The lowest BCUT2D eigenvalue weighted by molar-refractivity contribution is -0.129. The van der Waals surface area contributed by atoms with Gasteiger partial charge in [0.25, 0.3) is 5.91 Å². The molecule has 1 aromatic carbocycles. The number of likely N-dealkylation sites (tertiary alicyclic amines) is 1. The monoisotopic (exact) mass is 331 g/mol. The molecule has 1 saturated carbocycles. The first-order chi connectivity index (χ1) is 11.5. The highest BCUT2D eigenvalue weighted by molar-refractivity contribution is 5.99. The number of carbonyl (C=O) groups excluding carboxylic acids is 2. The van der Waals surface area contributed by atoms with Crippen LogP contribution in [0.3, 0.4) is 0 Å². The lowest BCUT2D eigenvalue weighted by atomic mass is 10.1. The van der Waals surface area contributed by atoms with Crippen molar-refractivity contribution in [2.24, 2.45) is 5.92 Å². The molecule has 1 atom stereocenters. The Balaban J connectivity index is 1.62. The number of nitrogens with zero attached hydrogens (tertiary/aromatic N) is 2. The first-order valence-corrected chi connectivity index (χ1v) is 8.59. The average Bonchev–Trinajstić information content (AvgIpc) is 3.18. The molecule has 6 nitrogen and oxygen atoms in total. The SMILES string of the molecule is CN(CC1CC(=O)N(C2CCCC2)C1)C(=O)c1cc(O)ccc1N. The smallest absolute Gasteiger partial charge is 0.255 e. The van der Waals surface area contributed by atoms with Crippen LogP contribution in [0.4, 0.5) is 5.69 Å². The van der Waals surface area contributed by atoms with Crippen molar-refractivity contribution >= 4 is 17.5 Å². The van der Waals surface area contributed by atoms with Crippen LogP contribution in [0.1, 0.15) is 42.5 Å². The number of aromatic hydroxyl groups is 1. The third-order valence-corrected chi connectivity index (χ3v) is 5.15. The Hall–Kier alpha value is -2.24. The summed E-state index contributed by atoms with van der Waals surface area (Å²) in [5, 5.41) is 9.57. The van der Waals surface area contributed by atoms with Gasteiger partial charge in [0.05, 0.1) is 5.56 Å². The van der Waals surface area contributed by atoms with Gasteiger partial charge in [0.1, 0.15) is 5.75 Å². The summed E-state index contributed by atoms with van der Waals surface area (Å²) in [7, 11) is 1.72. The van der Waals surface area contributed by atoms with Crippen LogP contribution in [0, 0.1) is 5.92 Å². The van der Waals surface area contributed by atoms with Crippen LogP contribution in [-0.4, -0.2) is 52.9 Å². The summed E-state index contributed by atoms with van der Waals surface area (Å²) in [6.45, 7) is 1.25. The van der Waals surface area contributed by atoms with Gasteiger partial charge in [0.15, 0.2) is 0 Å². The van der Waals surface area contributed by atoms with E-state index >= 15 is 0 Å². The van der Waals surface area contributed by atoms with Gasteiger partial charge in [-0.25, -0.2) is 0 Å².